The number of hydrazone groups is 1. The van der Waals surface area contributed by atoms with E-state index < -0.39 is 0 Å². The highest BCUT2D eigenvalue weighted by atomic mass is 16.2. The first-order valence-electron chi connectivity index (χ1n) is 10.5. The van der Waals surface area contributed by atoms with Crippen molar-refractivity contribution in [3.8, 4) is 0 Å². The predicted molar refractivity (Wildman–Crippen MR) is 115 cm³/mol. The van der Waals surface area contributed by atoms with Crippen LogP contribution in [0.2, 0.25) is 0 Å². The van der Waals surface area contributed by atoms with E-state index in [1.165, 1.54) is 32.1 Å². The molecule has 0 radical (unpaired) electrons. The SMILES string of the molecule is O=C(Cc1ccccc1)N/N=C1\C(=O)N(CCC2CCCCC2)c2ccccc21. The van der Waals surface area contributed by atoms with Crippen LogP contribution in [0, 0.1) is 5.92 Å². The molecule has 1 aliphatic heterocycles. The molecule has 2 amide bonds. The maximum atomic E-state index is 13.0. The van der Waals surface area contributed by atoms with Crippen LogP contribution in [0.5, 0.6) is 0 Å². The average molecular weight is 389 g/mol. The second-order valence-corrected chi connectivity index (χ2v) is 7.92. The van der Waals surface area contributed by atoms with E-state index in [-0.39, 0.29) is 18.2 Å². The van der Waals surface area contributed by atoms with Crippen molar-refractivity contribution in [1.82, 2.24) is 5.43 Å². The summed E-state index contributed by atoms with van der Waals surface area (Å²) in [7, 11) is 0. The molecule has 0 atom stereocenters. The molecule has 2 aromatic carbocycles. The molecule has 5 nitrogen and oxygen atoms in total. The van der Waals surface area contributed by atoms with E-state index in [1.54, 1.807) is 0 Å². The van der Waals surface area contributed by atoms with Crippen LogP contribution in [0.15, 0.2) is 59.7 Å². The molecule has 0 unspecified atom stereocenters. The van der Waals surface area contributed by atoms with Gasteiger partial charge in [-0.2, -0.15) is 5.10 Å². The maximum absolute atomic E-state index is 13.0. The van der Waals surface area contributed by atoms with Crippen LogP contribution >= 0.6 is 0 Å². The molecule has 1 aliphatic carbocycles. The number of para-hydroxylation sites is 1. The fourth-order valence-corrected chi connectivity index (χ4v) is 4.32. The van der Waals surface area contributed by atoms with Crippen molar-refractivity contribution in [3.63, 3.8) is 0 Å². The van der Waals surface area contributed by atoms with Gasteiger partial charge in [0.15, 0.2) is 5.71 Å². The third-order valence-corrected chi connectivity index (χ3v) is 5.88. The molecule has 1 N–H and O–H groups in total. The Kier molecular flexibility index (Phi) is 6.03. The van der Waals surface area contributed by atoms with Crippen LogP contribution in [0.1, 0.15) is 49.7 Å². The lowest BCUT2D eigenvalue weighted by molar-refractivity contribution is -0.120. The molecule has 0 saturated heterocycles. The van der Waals surface area contributed by atoms with Crippen LogP contribution in [0.3, 0.4) is 0 Å². The Bertz CT molecular complexity index is 901. The van der Waals surface area contributed by atoms with Gasteiger partial charge in [0.1, 0.15) is 0 Å². The maximum Gasteiger partial charge on any atom is 0.279 e. The molecule has 0 spiro atoms. The van der Waals surface area contributed by atoms with Gasteiger partial charge < -0.3 is 4.90 Å². The summed E-state index contributed by atoms with van der Waals surface area (Å²) in [4.78, 5) is 27.1. The van der Waals surface area contributed by atoms with Gasteiger partial charge in [0.25, 0.3) is 5.91 Å². The van der Waals surface area contributed by atoms with Gasteiger partial charge in [-0.15, -0.1) is 0 Å². The molecule has 2 aliphatic rings. The van der Waals surface area contributed by atoms with Crippen molar-refractivity contribution in [3.05, 3.63) is 65.7 Å². The molecule has 1 saturated carbocycles. The molecule has 5 heteroatoms. The summed E-state index contributed by atoms with van der Waals surface area (Å²) in [6.07, 6.45) is 7.72. The van der Waals surface area contributed by atoms with Gasteiger partial charge in [0.2, 0.25) is 5.91 Å². The Morgan fingerprint density at radius 1 is 1.00 bits per heavy atom. The number of hydrogen-bond donors (Lipinski definition) is 1. The Balaban J connectivity index is 1.45. The molecule has 1 fully saturated rings. The third kappa shape index (κ3) is 4.56. The number of benzene rings is 2. The summed E-state index contributed by atoms with van der Waals surface area (Å²) in [6, 6.07) is 17.2. The number of nitrogens with one attached hydrogen (secondary N) is 1. The molecule has 29 heavy (non-hydrogen) atoms. The highest BCUT2D eigenvalue weighted by Crippen LogP contribution is 2.32. The van der Waals surface area contributed by atoms with Crippen LogP contribution < -0.4 is 10.3 Å². The van der Waals surface area contributed by atoms with Crippen LogP contribution in [-0.2, 0) is 16.0 Å². The molecule has 0 bridgehead atoms. The van der Waals surface area contributed by atoms with Gasteiger partial charge in [-0.25, -0.2) is 5.43 Å². The quantitative estimate of drug-likeness (QED) is 0.757. The Morgan fingerprint density at radius 2 is 1.72 bits per heavy atom. The molecule has 1 heterocycles. The van der Waals surface area contributed by atoms with Crippen LogP contribution in [0.4, 0.5) is 5.69 Å². The molecule has 150 valence electrons. The lowest BCUT2D eigenvalue weighted by Gasteiger charge is -2.24. The number of carbonyl (C=O) groups is 2. The van der Waals surface area contributed by atoms with E-state index in [0.29, 0.717) is 18.2 Å². The zero-order chi connectivity index (χ0) is 20.1. The monoisotopic (exact) mass is 389 g/mol. The minimum Gasteiger partial charge on any atom is -0.306 e. The van der Waals surface area contributed by atoms with E-state index >= 15 is 0 Å². The second kappa shape index (κ2) is 9.03. The van der Waals surface area contributed by atoms with Crippen molar-refractivity contribution in [1.29, 1.82) is 0 Å². The van der Waals surface area contributed by atoms with Gasteiger partial charge in [0.05, 0.1) is 12.1 Å². The lowest BCUT2D eigenvalue weighted by Crippen LogP contribution is -2.33. The summed E-state index contributed by atoms with van der Waals surface area (Å²) in [5, 5.41) is 4.21. The first kappa shape index (κ1) is 19.4. The predicted octanol–water partition coefficient (Wildman–Crippen LogP) is 4.07. The Hall–Kier alpha value is -2.95. The summed E-state index contributed by atoms with van der Waals surface area (Å²) < 4.78 is 0. The normalized spacial score (nSPS) is 18.1. The van der Waals surface area contributed by atoms with Gasteiger partial charge in [-0.1, -0.05) is 80.6 Å². The minimum absolute atomic E-state index is 0.123. The highest BCUT2D eigenvalue weighted by Gasteiger charge is 2.34. The average Bonchev–Trinajstić information content (AvgIpc) is 3.03. The third-order valence-electron chi connectivity index (χ3n) is 5.88. The Labute approximate surface area is 171 Å². The number of rotatable bonds is 6. The zero-order valence-electron chi connectivity index (χ0n) is 16.6. The van der Waals surface area contributed by atoms with Crippen molar-refractivity contribution in [2.24, 2.45) is 11.0 Å². The van der Waals surface area contributed by atoms with E-state index in [9.17, 15) is 9.59 Å². The van der Waals surface area contributed by atoms with Gasteiger partial charge in [0, 0.05) is 12.1 Å². The minimum atomic E-state index is -0.227. The number of fused-ring (bicyclic) bond motifs is 1. The standard InChI is InChI=1S/C24H27N3O2/c28-22(17-19-11-5-2-6-12-19)25-26-23-20-13-7-8-14-21(20)27(24(23)29)16-15-18-9-3-1-4-10-18/h2,5-8,11-14,18H,1,3-4,9-10,15-17H2,(H,25,28)/b26-23-. The zero-order valence-corrected chi connectivity index (χ0v) is 16.6. The summed E-state index contributed by atoms with van der Waals surface area (Å²) in [5.74, 6) is 0.354. The van der Waals surface area contributed by atoms with E-state index in [2.05, 4.69) is 10.5 Å². The molecule has 0 aromatic heterocycles. The smallest absolute Gasteiger partial charge is 0.279 e. The fourth-order valence-electron chi connectivity index (χ4n) is 4.32. The van der Waals surface area contributed by atoms with E-state index in [0.717, 1.165) is 23.2 Å². The van der Waals surface area contributed by atoms with Gasteiger partial charge >= 0.3 is 0 Å². The molecular formula is C24H27N3O2. The van der Waals surface area contributed by atoms with Crippen molar-refractivity contribution >= 4 is 23.2 Å². The lowest BCUT2D eigenvalue weighted by atomic mass is 9.87. The van der Waals surface area contributed by atoms with E-state index in [4.69, 9.17) is 0 Å². The van der Waals surface area contributed by atoms with Crippen molar-refractivity contribution < 1.29 is 9.59 Å². The van der Waals surface area contributed by atoms with E-state index in [1.807, 2.05) is 59.5 Å². The number of nitrogens with zero attached hydrogens (tertiary/aromatic N) is 2. The largest absolute Gasteiger partial charge is 0.306 e. The van der Waals surface area contributed by atoms with Crippen LogP contribution in [-0.4, -0.2) is 24.1 Å². The number of amides is 2. The fraction of sp³-hybridized carbons (Fsp3) is 0.375. The number of carbonyl (C=O) groups excluding carboxylic acids is 2. The van der Waals surface area contributed by atoms with Gasteiger partial charge in [-0.05, 0) is 24.0 Å². The summed E-state index contributed by atoms with van der Waals surface area (Å²) in [5.41, 5.74) is 5.50. The van der Waals surface area contributed by atoms with Gasteiger partial charge in [-0.3, -0.25) is 9.59 Å². The van der Waals surface area contributed by atoms with Crippen molar-refractivity contribution in [2.45, 2.75) is 44.9 Å². The second-order valence-electron chi connectivity index (χ2n) is 7.92. The number of hydrogen-bond acceptors (Lipinski definition) is 3. The summed E-state index contributed by atoms with van der Waals surface area (Å²) >= 11 is 0. The van der Waals surface area contributed by atoms with Crippen LogP contribution in [0.25, 0.3) is 0 Å². The topological polar surface area (TPSA) is 61.8 Å². The molecule has 4 rings (SSSR count). The molecular weight excluding hydrogens is 362 g/mol. The first-order chi connectivity index (χ1) is 14.2. The summed E-state index contributed by atoms with van der Waals surface area (Å²) in [6.45, 7) is 0.706. The first-order valence-corrected chi connectivity index (χ1v) is 10.5. The van der Waals surface area contributed by atoms with Crippen molar-refractivity contribution in [2.75, 3.05) is 11.4 Å². The number of anilines is 1. The highest BCUT2D eigenvalue weighted by molar-refractivity contribution is 6.54. The molecule has 2 aromatic rings. The Morgan fingerprint density at radius 3 is 2.52 bits per heavy atom.